The van der Waals surface area contributed by atoms with Gasteiger partial charge in [-0.3, -0.25) is 0 Å². The predicted molar refractivity (Wildman–Crippen MR) is 80.5 cm³/mol. The fourth-order valence-electron chi connectivity index (χ4n) is 2.11. The summed E-state index contributed by atoms with van der Waals surface area (Å²) in [5, 5.41) is 10.2. The number of rotatable bonds is 4. The van der Waals surface area contributed by atoms with Gasteiger partial charge in [-0.2, -0.15) is 0 Å². The number of aryl methyl sites for hydroxylation is 1. The molecule has 2 aromatic rings. The van der Waals surface area contributed by atoms with Crippen LogP contribution in [0, 0.1) is 18.6 Å². The van der Waals surface area contributed by atoms with Crippen LogP contribution >= 0.6 is 15.9 Å². The van der Waals surface area contributed by atoms with Crippen molar-refractivity contribution >= 4 is 15.9 Å². The lowest BCUT2D eigenvalue weighted by Crippen LogP contribution is -2.06. The zero-order valence-electron chi connectivity index (χ0n) is 11.7. The molecule has 0 saturated carbocycles. The highest BCUT2D eigenvalue weighted by molar-refractivity contribution is 9.10. The number of aliphatic hydroxyl groups excluding tert-OH is 1. The van der Waals surface area contributed by atoms with Gasteiger partial charge in [0.2, 0.25) is 0 Å². The van der Waals surface area contributed by atoms with Crippen molar-refractivity contribution in [3.63, 3.8) is 0 Å². The van der Waals surface area contributed by atoms with E-state index in [0.29, 0.717) is 11.3 Å². The minimum Gasteiger partial charge on any atom is -0.496 e. The molecule has 0 saturated heterocycles. The molecule has 2 nitrogen and oxygen atoms in total. The molecule has 0 aliphatic rings. The quantitative estimate of drug-likeness (QED) is 0.883. The van der Waals surface area contributed by atoms with Gasteiger partial charge in [0.1, 0.15) is 17.4 Å². The Kier molecular flexibility index (Phi) is 4.96. The van der Waals surface area contributed by atoms with Crippen molar-refractivity contribution in [3.8, 4) is 5.75 Å². The first-order valence-corrected chi connectivity index (χ1v) is 7.17. The number of aliphatic hydroxyl groups is 1. The lowest BCUT2D eigenvalue weighted by atomic mass is 9.99. The second kappa shape index (κ2) is 6.54. The highest BCUT2D eigenvalue weighted by Crippen LogP contribution is 2.29. The molecule has 0 fully saturated rings. The molecular formula is C16H15BrF2O2. The highest BCUT2D eigenvalue weighted by atomic mass is 79.9. The van der Waals surface area contributed by atoms with Crippen LogP contribution in [0.25, 0.3) is 0 Å². The van der Waals surface area contributed by atoms with Crippen LogP contribution in [0.15, 0.2) is 34.8 Å². The summed E-state index contributed by atoms with van der Waals surface area (Å²) >= 11 is 3.36. The zero-order valence-corrected chi connectivity index (χ0v) is 13.2. The van der Waals surface area contributed by atoms with Crippen molar-refractivity contribution in [1.29, 1.82) is 0 Å². The average molecular weight is 357 g/mol. The summed E-state index contributed by atoms with van der Waals surface area (Å²) in [7, 11) is 1.56. The molecule has 0 heterocycles. The van der Waals surface area contributed by atoms with Crippen LogP contribution in [0.4, 0.5) is 8.78 Å². The number of benzene rings is 2. The fraction of sp³-hybridized carbons (Fsp3) is 0.250. The van der Waals surface area contributed by atoms with Gasteiger partial charge in [0, 0.05) is 18.1 Å². The van der Waals surface area contributed by atoms with Gasteiger partial charge in [0.25, 0.3) is 0 Å². The third kappa shape index (κ3) is 3.60. The molecule has 5 heteroatoms. The molecule has 2 rings (SSSR count). The van der Waals surface area contributed by atoms with Gasteiger partial charge in [-0.15, -0.1) is 0 Å². The van der Waals surface area contributed by atoms with E-state index in [9.17, 15) is 13.9 Å². The van der Waals surface area contributed by atoms with E-state index < -0.39 is 17.7 Å². The largest absolute Gasteiger partial charge is 0.496 e. The van der Waals surface area contributed by atoms with E-state index in [1.165, 1.54) is 13.0 Å². The Labute approximate surface area is 130 Å². The molecule has 0 aliphatic carbocycles. The summed E-state index contributed by atoms with van der Waals surface area (Å²) in [5.74, 6) is -0.675. The third-order valence-electron chi connectivity index (χ3n) is 3.28. The SMILES string of the molecule is COc1ccc(CC(O)c2cc(C)c(F)cc2F)cc1Br. The summed E-state index contributed by atoms with van der Waals surface area (Å²) in [5.41, 5.74) is 1.22. The van der Waals surface area contributed by atoms with Gasteiger partial charge in [-0.05, 0) is 52.2 Å². The Morgan fingerprint density at radius 2 is 1.90 bits per heavy atom. The van der Waals surface area contributed by atoms with Crippen molar-refractivity contribution in [2.75, 3.05) is 7.11 Å². The molecule has 112 valence electrons. The molecule has 0 radical (unpaired) electrons. The topological polar surface area (TPSA) is 29.5 Å². The second-order valence-corrected chi connectivity index (χ2v) is 5.67. The van der Waals surface area contributed by atoms with E-state index in [1.807, 2.05) is 0 Å². The zero-order chi connectivity index (χ0) is 15.6. The molecule has 1 N–H and O–H groups in total. The highest BCUT2D eigenvalue weighted by Gasteiger charge is 2.16. The third-order valence-corrected chi connectivity index (χ3v) is 3.90. The van der Waals surface area contributed by atoms with Crippen LogP contribution in [0.3, 0.4) is 0 Å². The Bertz CT molecular complexity index is 659. The minimum absolute atomic E-state index is 0.0980. The Morgan fingerprint density at radius 1 is 1.19 bits per heavy atom. The Morgan fingerprint density at radius 3 is 2.52 bits per heavy atom. The molecule has 0 bridgehead atoms. The molecule has 0 aromatic heterocycles. The summed E-state index contributed by atoms with van der Waals surface area (Å²) in [6.07, 6.45) is -0.811. The molecular weight excluding hydrogens is 342 g/mol. The van der Waals surface area contributed by atoms with Gasteiger partial charge < -0.3 is 9.84 Å². The maximum Gasteiger partial charge on any atom is 0.133 e. The van der Waals surface area contributed by atoms with Crippen LogP contribution in [-0.2, 0) is 6.42 Å². The van der Waals surface area contributed by atoms with Crippen molar-refractivity contribution in [2.24, 2.45) is 0 Å². The summed E-state index contributed by atoms with van der Waals surface area (Å²) in [6.45, 7) is 1.54. The molecule has 0 amide bonds. The van der Waals surface area contributed by atoms with Crippen LogP contribution in [-0.4, -0.2) is 12.2 Å². The first-order chi connectivity index (χ1) is 9.92. The van der Waals surface area contributed by atoms with E-state index in [2.05, 4.69) is 15.9 Å². The first kappa shape index (κ1) is 15.9. The smallest absolute Gasteiger partial charge is 0.133 e. The van der Waals surface area contributed by atoms with E-state index in [0.717, 1.165) is 16.1 Å². The molecule has 1 atom stereocenters. The number of hydrogen-bond donors (Lipinski definition) is 1. The van der Waals surface area contributed by atoms with E-state index in [4.69, 9.17) is 4.74 Å². The Hall–Kier alpha value is -1.46. The van der Waals surface area contributed by atoms with Gasteiger partial charge in [0.05, 0.1) is 17.7 Å². The maximum absolute atomic E-state index is 13.8. The number of hydrogen-bond acceptors (Lipinski definition) is 2. The predicted octanol–water partition coefficient (Wildman–Crippen LogP) is 4.32. The van der Waals surface area contributed by atoms with Gasteiger partial charge >= 0.3 is 0 Å². The number of ether oxygens (including phenoxy) is 1. The van der Waals surface area contributed by atoms with Gasteiger partial charge in [-0.25, -0.2) is 8.78 Å². The standard InChI is InChI=1S/C16H15BrF2O2/c1-9-5-11(14(19)8-13(9)18)15(20)7-10-3-4-16(21-2)12(17)6-10/h3-6,8,15,20H,7H2,1-2H3. The van der Waals surface area contributed by atoms with E-state index in [-0.39, 0.29) is 12.0 Å². The lowest BCUT2D eigenvalue weighted by Gasteiger charge is -2.14. The molecule has 21 heavy (non-hydrogen) atoms. The van der Waals surface area contributed by atoms with Gasteiger partial charge in [-0.1, -0.05) is 6.07 Å². The summed E-state index contributed by atoms with van der Waals surface area (Å²) in [6, 6.07) is 7.50. The fourth-order valence-corrected chi connectivity index (χ4v) is 2.69. The molecule has 0 spiro atoms. The van der Waals surface area contributed by atoms with Crippen LogP contribution < -0.4 is 4.74 Å². The number of halogens is 3. The van der Waals surface area contributed by atoms with E-state index in [1.54, 1.807) is 25.3 Å². The molecule has 0 aliphatic heterocycles. The normalized spacial score (nSPS) is 12.3. The van der Waals surface area contributed by atoms with Crippen LogP contribution in [0.2, 0.25) is 0 Å². The summed E-state index contributed by atoms with van der Waals surface area (Å²) in [4.78, 5) is 0. The second-order valence-electron chi connectivity index (χ2n) is 4.81. The lowest BCUT2D eigenvalue weighted by molar-refractivity contribution is 0.173. The van der Waals surface area contributed by atoms with Crippen LogP contribution in [0.5, 0.6) is 5.75 Å². The molecule has 2 aromatic carbocycles. The summed E-state index contributed by atoms with van der Waals surface area (Å²) < 4.78 is 32.9. The van der Waals surface area contributed by atoms with Crippen molar-refractivity contribution < 1.29 is 18.6 Å². The average Bonchev–Trinajstić information content (AvgIpc) is 2.43. The maximum atomic E-state index is 13.8. The van der Waals surface area contributed by atoms with Crippen molar-refractivity contribution in [1.82, 2.24) is 0 Å². The minimum atomic E-state index is -1.04. The monoisotopic (exact) mass is 356 g/mol. The van der Waals surface area contributed by atoms with Crippen molar-refractivity contribution in [3.05, 3.63) is 63.1 Å². The van der Waals surface area contributed by atoms with Crippen molar-refractivity contribution in [2.45, 2.75) is 19.4 Å². The first-order valence-electron chi connectivity index (χ1n) is 6.38. The molecule has 1 unspecified atom stereocenters. The Balaban J connectivity index is 2.23. The van der Waals surface area contributed by atoms with E-state index >= 15 is 0 Å². The van der Waals surface area contributed by atoms with Gasteiger partial charge in [0.15, 0.2) is 0 Å². The number of methoxy groups -OCH3 is 1. The van der Waals surface area contributed by atoms with Crippen LogP contribution in [0.1, 0.15) is 22.8 Å².